The fraction of sp³-hybridized carbons (Fsp3) is 0.538. The number of anilines is 1. The SMILES string of the molecule is Cc1nc([C@H]2CCCN(C(=O)Cn3cnc4ccccc43)C2)nc2c1CCCN2CC1CC1. The number of aromatic nitrogens is 4. The van der Waals surface area contributed by atoms with Gasteiger partial charge in [0.2, 0.25) is 5.91 Å². The van der Waals surface area contributed by atoms with E-state index in [4.69, 9.17) is 9.97 Å². The van der Waals surface area contributed by atoms with Crippen LogP contribution in [-0.2, 0) is 17.8 Å². The van der Waals surface area contributed by atoms with Crippen molar-refractivity contribution in [1.29, 1.82) is 0 Å². The summed E-state index contributed by atoms with van der Waals surface area (Å²) in [4.78, 5) is 32.2. The molecular formula is C26H32N6O. The first kappa shape index (κ1) is 20.6. The van der Waals surface area contributed by atoms with Gasteiger partial charge in [-0.3, -0.25) is 4.79 Å². The Morgan fingerprint density at radius 3 is 2.85 bits per heavy atom. The van der Waals surface area contributed by atoms with Crippen molar-refractivity contribution in [2.75, 3.05) is 31.1 Å². The van der Waals surface area contributed by atoms with Crippen LogP contribution in [0, 0.1) is 12.8 Å². The summed E-state index contributed by atoms with van der Waals surface area (Å²) in [5.41, 5.74) is 4.39. The van der Waals surface area contributed by atoms with E-state index in [0.717, 1.165) is 67.4 Å². The molecule has 0 bridgehead atoms. The van der Waals surface area contributed by atoms with Gasteiger partial charge in [0.1, 0.15) is 18.2 Å². The molecule has 7 nitrogen and oxygen atoms in total. The molecule has 0 unspecified atom stereocenters. The van der Waals surface area contributed by atoms with Gasteiger partial charge in [0, 0.05) is 43.4 Å². The number of rotatable bonds is 5. The molecule has 1 aromatic carbocycles. The molecule has 172 valence electrons. The molecule has 2 aromatic heterocycles. The van der Waals surface area contributed by atoms with Crippen LogP contribution in [0.3, 0.4) is 0 Å². The minimum absolute atomic E-state index is 0.146. The minimum Gasteiger partial charge on any atom is -0.356 e. The molecule has 33 heavy (non-hydrogen) atoms. The van der Waals surface area contributed by atoms with Gasteiger partial charge in [0.15, 0.2) is 0 Å². The van der Waals surface area contributed by atoms with E-state index < -0.39 is 0 Å². The smallest absolute Gasteiger partial charge is 0.242 e. The Morgan fingerprint density at radius 2 is 1.97 bits per heavy atom. The van der Waals surface area contributed by atoms with Crippen molar-refractivity contribution < 1.29 is 4.79 Å². The quantitative estimate of drug-likeness (QED) is 0.600. The van der Waals surface area contributed by atoms with Gasteiger partial charge < -0.3 is 14.4 Å². The zero-order chi connectivity index (χ0) is 22.4. The van der Waals surface area contributed by atoms with Gasteiger partial charge in [0.25, 0.3) is 0 Å². The first-order valence-corrected chi connectivity index (χ1v) is 12.5. The molecule has 1 atom stereocenters. The van der Waals surface area contributed by atoms with Crippen LogP contribution in [0.2, 0.25) is 0 Å². The fourth-order valence-corrected chi connectivity index (χ4v) is 5.48. The molecule has 2 aliphatic heterocycles. The van der Waals surface area contributed by atoms with Gasteiger partial charge in [-0.2, -0.15) is 0 Å². The van der Waals surface area contributed by atoms with Gasteiger partial charge in [-0.05, 0) is 63.5 Å². The van der Waals surface area contributed by atoms with Crippen molar-refractivity contribution in [2.45, 2.75) is 57.9 Å². The summed E-state index contributed by atoms with van der Waals surface area (Å²) in [5, 5.41) is 0. The van der Waals surface area contributed by atoms with E-state index in [1.807, 2.05) is 33.7 Å². The Kier molecular flexibility index (Phi) is 5.27. The Labute approximate surface area is 194 Å². The second-order valence-corrected chi connectivity index (χ2v) is 10.0. The van der Waals surface area contributed by atoms with Gasteiger partial charge in [-0.25, -0.2) is 15.0 Å². The monoisotopic (exact) mass is 444 g/mol. The predicted octanol–water partition coefficient (Wildman–Crippen LogP) is 3.70. The molecule has 1 aliphatic carbocycles. The van der Waals surface area contributed by atoms with Gasteiger partial charge >= 0.3 is 0 Å². The maximum atomic E-state index is 13.2. The molecule has 7 heteroatoms. The molecule has 0 N–H and O–H groups in total. The lowest BCUT2D eigenvalue weighted by Crippen LogP contribution is -2.41. The number of fused-ring (bicyclic) bond motifs is 2. The minimum atomic E-state index is 0.146. The average Bonchev–Trinajstić information content (AvgIpc) is 3.58. The van der Waals surface area contributed by atoms with E-state index in [-0.39, 0.29) is 11.8 Å². The first-order valence-electron chi connectivity index (χ1n) is 12.5. The fourth-order valence-electron chi connectivity index (χ4n) is 5.48. The van der Waals surface area contributed by atoms with E-state index in [1.165, 1.54) is 30.6 Å². The Balaban J connectivity index is 1.20. The van der Waals surface area contributed by atoms with Gasteiger partial charge in [0.05, 0.1) is 17.4 Å². The Hall–Kier alpha value is -2.96. The largest absolute Gasteiger partial charge is 0.356 e. The summed E-state index contributed by atoms with van der Waals surface area (Å²) in [6.07, 6.45) is 8.79. The van der Waals surface area contributed by atoms with Crippen molar-refractivity contribution in [3.63, 3.8) is 0 Å². The number of para-hydroxylation sites is 2. The highest BCUT2D eigenvalue weighted by Crippen LogP contribution is 2.36. The van der Waals surface area contributed by atoms with Gasteiger partial charge in [-0.1, -0.05) is 12.1 Å². The van der Waals surface area contributed by atoms with Crippen LogP contribution in [-0.4, -0.2) is 56.5 Å². The van der Waals surface area contributed by atoms with Crippen LogP contribution in [0.4, 0.5) is 5.82 Å². The molecule has 0 spiro atoms. The van der Waals surface area contributed by atoms with Crippen molar-refractivity contribution in [1.82, 2.24) is 24.4 Å². The molecule has 6 rings (SSSR count). The van der Waals surface area contributed by atoms with E-state index in [9.17, 15) is 4.79 Å². The number of nitrogens with zero attached hydrogens (tertiary/aromatic N) is 6. The number of likely N-dealkylation sites (tertiary alicyclic amines) is 1. The van der Waals surface area contributed by atoms with E-state index in [1.54, 1.807) is 6.33 Å². The van der Waals surface area contributed by atoms with E-state index >= 15 is 0 Å². The predicted molar refractivity (Wildman–Crippen MR) is 128 cm³/mol. The molecule has 1 saturated heterocycles. The lowest BCUT2D eigenvalue weighted by Gasteiger charge is -2.34. The molecular weight excluding hydrogens is 412 g/mol. The van der Waals surface area contributed by atoms with E-state index in [2.05, 4.69) is 16.8 Å². The van der Waals surface area contributed by atoms with E-state index in [0.29, 0.717) is 13.1 Å². The van der Waals surface area contributed by atoms with Crippen molar-refractivity contribution in [2.24, 2.45) is 5.92 Å². The number of hydrogen-bond acceptors (Lipinski definition) is 5. The summed E-state index contributed by atoms with van der Waals surface area (Å²) in [5.74, 6) is 3.30. The molecule has 1 saturated carbocycles. The lowest BCUT2D eigenvalue weighted by molar-refractivity contribution is -0.133. The van der Waals surface area contributed by atoms with Crippen molar-refractivity contribution in [3.05, 3.63) is 47.7 Å². The molecule has 4 heterocycles. The molecule has 3 aromatic rings. The standard InChI is InChI=1S/C26H32N6O/c1-18-21-7-5-13-31(14-19-10-11-19)26(21)29-25(28-18)20-6-4-12-30(15-20)24(33)16-32-17-27-22-8-2-3-9-23(22)32/h2-3,8-9,17,19-20H,4-7,10-16H2,1H3/t20-/m0/s1. The highest BCUT2D eigenvalue weighted by molar-refractivity contribution is 5.80. The zero-order valence-electron chi connectivity index (χ0n) is 19.4. The third-order valence-electron chi connectivity index (χ3n) is 7.51. The first-order chi connectivity index (χ1) is 16.2. The summed E-state index contributed by atoms with van der Waals surface area (Å²) in [7, 11) is 0. The molecule has 0 radical (unpaired) electrons. The normalized spacial score (nSPS) is 20.8. The number of aryl methyl sites for hydroxylation is 1. The molecule has 2 fully saturated rings. The van der Waals surface area contributed by atoms with Crippen LogP contribution in [0.25, 0.3) is 11.0 Å². The Bertz CT molecular complexity index is 1180. The maximum Gasteiger partial charge on any atom is 0.242 e. The summed E-state index contributed by atoms with van der Waals surface area (Å²) >= 11 is 0. The van der Waals surface area contributed by atoms with Crippen LogP contribution < -0.4 is 4.90 Å². The molecule has 1 amide bonds. The van der Waals surface area contributed by atoms with Crippen LogP contribution >= 0.6 is 0 Å². The highest BCUT2D eigenvalue weighted by Gasteiger charge is 2.31. The maximum absolute atomic E-state index is 13.2. The number of benzene rings is 1. The third kappa shape index (κ3) is 4.09. The highest BCUT2D eigenvalue weighted by atomic mass is 16.2. The topological polar surface area (TPSA) is 67.2 Å². The van der Waals surface area contributed by atoms with Crippen molar-refractivity contribution >= 4 is 22.8 Å². The van der Waals surface area contributed by atoms with Crippen molar-refractivity contribution in [3.8, 4) is 0 Å². The average molecular weight is 445 g/mol. The Morgan fingerprint density at radius 1 is 1.09 bits per heavy atom. The van der Waals surface area contributed by atoms with Crippen LogP contribution in [0.5, 0.6) is 0 Å². The second kappa shape index (κ2) is 8.43. The van der Waals surface area contributed by atoms with Crippen LogP contribution in [0.15, 0.2) is 30.6 Å². The van der Waals surface area contributed by atoms with Crippen LogP contribution in [0.1, 0.15) is 55.1 Å². The summed E-state index contributed by atoms with van der Waals surface area (Å²) in [6.45, 7) is 6.21. The third-order valence-corrected chi connectivity index (χ3v) is 7.51. The summed E-state index contributed by atoms with van der Waals surface area (Å²) < 4.78 is 1.95. The molecule has 3 aliphatic rings. The number of carbonyl (C=O) groups is 1. The number of imidazole rings is 1. The lowest BCUT2D eigenvalue weighted by atomic mass is 9.96. The second-order valence-electron chi connectivity index (χ2n) is 10.0. The number of amides is 1. The van der Waals surface area contributed by atoms with Gasteiger partial charge in [-0.15, -0.1) is 0 Å². The number of carbonyl (C=O) groups excluding carboxylic acids is 1. The zero-order valence-corrected chi connectivity index (χ0v) is 19.4. The number of piperidine rings is 1. The number of hydrogen-bond donors (Lipinski definition) is 0. The summed E-state index contributed by atoms with van der Waals surface area (Å²) in [6, 6.07) is 7.97.